The molecule has 0 atom stereocenters. The molecule has 0 radical (unpaired) electrons. The van der Waals surface area contributed by atoms with Crippen molar-refractivity contribution in [1.29, 1.82) is 5.26 Å². The second-order valence-corrected chi connectivity index (χ2v) is 9.73. The van der Waals surface area contributed by atoms with Gasteiger partial charge in [-0.25, -0.2) is 0 Å². The highest BCUT2D eigenvalue weighted by Gasteiger charge is 2.48. The van der Waals surface area contributed by atoms with Crippen molar-refractivity contribution in [3.63, 3.8) is 0 Å². The normalized spacial score (nSPS) is 24.3. The number of nitrogens with one attached hydrogen (secondary N) is 1. The van der Waals surface area contributed by atoms with Gasteiger partial charge in [-0.15, -0.1) is 10.2 Å². The largest absolute Gasteiger partial charge is 0.349 e. The van der Waals surface area contributed by atoms with Crippen LogP contribution in [0.5, 0.6) is 0 Å². The predicted molar refractivity (Wildman–Crippen MR) is 108 cm³/mol. The molecular weight excluding hydrogens is 380 g/mol. The van der Waals surface area contributed by atoms with Crippen LogP contribution in [0, 0.1) is 22.7 Å². The van der Waals surface area contributed by atoms with Crippen molar-refractivity contribution in [2.75, 3.05) is 19.6 Å². The summed E-state index contributed by atoms with van der Waals surface area (Å²) in [6.07, 6.45) is 9.36. The van der Waals surface area contributed by atoms with Crippen molar-refractivity contribution >= 4 is 11.8 Å². The number of carbonyl (C=O) groups is 2. The van der Waals surface area contributed by atoms with Crippen molar-refractivity contribution < 1.29 is 9.59 Å². The fourth-order valence-electron chi connectivity index (χ4n) is 5.67. The van der Waals surface area contributed by atoms with Crippen LogP contribution in [0.4, 0.5) is 0 Å². The highest BCUT2D eigenvalue weighted by Crippen LogP contribution is 2.44. The van der Waals surface area contributed by atoms with E-state index in [4.69, 9.17) is 0 Å². The Balaban J connectivity index is 1.30. The van der Waals surface area contributed by atoms with Gasteiger partial charge in [0.1, 0.15) is 11.2 Å². The van der Waals surface area contributed by atoms with Gasteiger partial charge in [0.25, 0.3) is 5.91 Å². The van der Waals surface area contributed by atoms with Gasteiger partial charge in [-0.3, -0.25) is 9.59 Å². The SMILES string of the molecule is N#CC1(C(=O)N2CCC3(CCCn4c(C(=O)NCC5CC5)nnc43)CC2)CCCC1. The lowest BCUT2D eigenvalue weighted by atomic mass is 9.72. The van der Waals surface area contributed by atoms with Crippen LogP contribution in [0.15, 0.2) is 0 Å². The third-order valence-electron chi connectivity index (χ3n) is 7.80. The molecule has 1 saturated heterocycles. The lowest BCUT2D eigenvalue weighted by Crippen LogP contribution is -2.51. The van der Waals surface area contributed by atoms with Crippen molar-refractivity contribution in [1.82, 2.24) is 25.0 Å². The number of hydrogen-bond donors (Lipinski definition) is 1. The Morgan fingerprint density at radius 3 is 2.43 bits per heavy atom. The number of nitriles is 1. The Hall–Kier alpha value is -2.43. The van der Waals surface area contributed by atoms with Crippen LogP contribution in [0.2, 0.25) is 0 Å². The zero-order chi connectivity index (χ0) is 20.8. The number of amides is 2. The summed E-state index contributed by atoms with van der Waals surface area (Å²) in [5.41, 5.74) is -0.920. The Morgan fingerprint density at radius 1 is 1.03 bits per heavy atom. The molecule has 2 amide bonds. The van der Waals surface area contributed by atoms with Crippen molar-refractivity contribution in [2.24, 2.45) is 11.3 Å². The van der Waals surface area contributed by atoms with E-state index in [1.807, 2.05) is 9.47 Å². The van der Waals surface area contributed by atoms with Crippen LogP contribution in [0.25, 0.3) is 0 Å². The third-order valence-corrected chi connectivity index (χ3v) is 7.80. The Labute approximate surface area is 177 Å². The Bertz CT molecular complexity index is 882. The summed E-state index contributed by atoms with van der Waals surface area (Å²) < 4.78 is 2.01. The van der Waals surface area contributed by atoms with Gasteiger partial charge < -0.3 is 14.8 Å². The number of fused-ring (bicyclic) bond motifs is 2. The monoisotopic (exact) mass is 410 g/mol. The molecule has 5 rings (SSSR count). The maximum absolute atomic E-state index is 13.1. The molecule has 8 nitrogen and oxygen atoms in total. The van der Waals surface area contributed by atoms with E-state index in [-0.39, 0.29) is 17.2 Å². The zero-order valence-electron chi connectivity index (χ0n) is 17.5. The number of aromatic nitrogens is 3. The number of hydrogen-bond acceptors (Lipinski definition) is 5. The smallest absolute Gasteiger partial charge is 0.289 e. The molecule has 30 heavy (non-hydrogen) atoms. The quantitative estimate of drug-likeness (QED) is 0.819. The van der Waals surface area contributed by atoms with E-state index in [0.29, 0.717) is 37.7 Å². The van der Waals surface area contributed by atoms with Crippen LogP contribution in [-0.2, 0) is 16.8 Å². The van der Waals surface area contributed by atoms with Gasteiger partial charge in [0.15, 0.2) is 0 Å². The van der Waals surface area contributed by atoms with Gasteiger partial charge in [-0.1, -0.05) is 12.8 Å². The van der Waals surface area contributed by atoms with Crippen LogP contribution in [0.1, 0.15) is 80.7 Å². The molecule has 1 spiro atoms. The van der Waals surface area contributed by atoms with E-state index in [2.05, 4.69) is 21.6 Å². The highest BCUT2D eigenvalue weighted by atomic mass is 16.2. The minimum Gasteiger partial charge on any atom is -0.349 e. The summed E-state index contributed by atoms with van der Waals surface area (Å²) in [6.45, 7) is 2.80. The molecule has 0 unspecified atom stereocenters. The molecule has 4 aliphatic rings. The minimum absolute atomic E-state index is 0.0229. The lowest BCUT2D eigenvalue weighted by Gasteiger charge is -2.44. The number of rotatable bonds is 4. The lowest BCUT2D eigenvalue weighted by molar-refractivity contribution is -0.140. The van der Waals surface area contributed by atoms with Gasteiger partial charge in [-0.2, -0.15) is 5.26 Å². The maximum Gasteiger partial charge on any atom is 0.289 e. The van der Waals surface area contributed by atoms with Crippen LogP contribution in [-0.4, -0.2) is 51.1 Å². The first-order valence-electron chi connectivity index (χ1n) is 11.5. The number of likely N-dealkylation sites (tertiary alicyclic amines) is 1. The van der Waals surface area contributed by atoms with Gasteiger partial charge in [0, 0.05) is 31.6 Å². The molecule has 3 fully saturated rings. The molecule has 160 valence electrons. The molecular formula is C22H30N6O2. The molecule has 1 aromatic heterocycles. The minimum atomic E-state index is -0.802. The summed E-state index contributed by atoms with van der Waals surface area (Å²) in [7, 11) is 0. The van der Waals surface area contributed by atoms with E-state index in [0.717, 1.165) is 57.4 Å². The first-order chi connectivity index (χ1) is 14.6. The van der Waals surface area contributed by atoms with Crippen LogP contribution in [0.3, 0.4) is 0 Å². The molecule has 2 saturated carbocycles. The van der Waals surface area contributed by atoms with Crippen LogP contribution < -0.4 is 5.32 Å². The molecule has 1 N–H and O–H groups in total. The fraction of sp³-hybridized carbons (Fsp3) is 0.773. The van der Waals surface area contributed by atoms with E-state index in [1.165, 1.54) is 12.8 Å². The second kappa shape index (κ2) is 7.36. The molecule has 0 bridgehead atoms. The summed E-state index contributed by atoms with van der Waals surface area (Å²) in [4.78, 5) is 27.6. The van der Waals surface area contributed by atoms with E-state index in [1.54, 1.807) is 0 Å². The molecule has 3 heterocycles. The van der Waals surface area contributed by atoms with Crippen molar-refractivity contribution in [2.45, 2.75) is 76.2 Å². The van der Waals surface area contributed by atoms with Gasteiger partial charge in [-0.05, 0) is 57.3 Å². The summed E-state index contributed by atoms with van der Waals surface area (Å²) >= 11 is 0. The van der Waals surface area contributed by atoms with E-state index < -0.39 is 5.41 Å². The Morgan fingerprint density at radius 2 is 1.77 bits per heavy atom. The highest BCUT2D eigenvalue weighted by molar-refractivity contribution is 5.90. The number of carbonyl (C=O) groups excluding carboxylic acids is 2. The Kier molecular flexibility index (Phi) is 4.79. The fourth-order valence-corrected chi connectivity index (χ4v) is 5.67. The molecule has 8 heteroatoms. The average molecular weight is 411 g/mol. The third kappa shape index (κ3) is 3.19. The molecule has 2 aliphatic heterocycles. The molecule has 2 aliphatic carbocycles. The summed E-state index contributed by atoms with van der Waals surface area (Å²) in [6, 6.07) is 2.34. The first kappa shape index (κ1) is 19.5. The van der Waals surface area contributed by atoms with Gasteiger partial charge in [0.2, 0.25) is 11.7 Å². The number of piperidine rings is 1. The topological polar surface area (TPSA) is 104 Å². The van der Waals surface area contributed by atoms with Crippen molar-refractivity contribution in [3.05, 3.63) is 11.6 Å². The first-order valence-corrected chi connectivity index (χ1v) is 11.5. The molecule has 0 aromatic carbocycles. The summed E-state index contributed by atoms with van der Waals surface area (Å²) in [5, 5.41) is 21.4. The summed E-state index contributed by atoms with van der Waals surface area (Å²) in [5.74, 6) is 1.87. The predicted octanol–water partition coefficient (Wildman–Crippen LogP) is 2.16. The second-order valence-electron chi connectivity index (χ2n) is 9.73. The standard InChI is InChI=1S/C22H30N6O2/c23-15-22(6-1-2-7-22)20(30)27-12-9-21(10-13-27)8-3-11-28-17(25-26-19(21)28)18(29)24-14-16-4-5-16/h16H,1-14H2,(H,24,29). The maximum atomic E-state index is 13.1. The molecule has 1 aromatic rings. The van der Waals surface area contributed by atoms with Gasteiger partial charge >= 0.3 is 0 Å². The average Bonchev–Trinajstić information content (AvgIpc) is 3.28. The van der Waals surface area contributed by atoms with Gasteiger partial charge in [0.05, 0.1) is 6.07 Å². The zero-order valence-corrected chi connectivity index (χ0v) is 17.5. The number of nitrogens with zero attached hydrogens (tertiary/aromatic N) is 5. The van der Waals surface area contributed by atoms with E-state index >= 15 is 0 Å². The van der Waals surface area contributed by atoms with Crippen LogP contribution >= 0.6 is 0 Å². The van der Waals surface area contributed by atoms with E-state index in [9.17, 15) is 14.9 Å². The van der Waals surface area contributed by atoms with Crippen molar-refractivity contribution in [3.8, 4) is 6.07 Å².